The molecule has 1 aliphatic rings. The minimum Gasteiger partial charge on any atom is -0.392 e. The Hall–Kier alpha value is -2.14. The third-order valence-electron chi connectivity index (χ3n) is 4.55. The van der Waals surface area contributed by atoms with Crippen LogP contribution in [0.2, 0.25) is 5.02 Å². The van der Waals surface area contributed by atoms with E-state index >= 15 is 0 Å². The lowest BCUT2D eigenvalue weighted by Gasteiger charge is -2.28. The number of nitrogens with zero attached hydrogens (tertiary/aromatic N) is 2. The highest BCUT2D eigenvalue weighted by atomic mass is 35.5. The van der Waals surface area contributed by atoms with E-state index in [0.29, 0.717) is 18.2 Å². The minimum absolute atomic E-state index is 0.0757. The average Bonchev–Trinajstić information content (AvgIpc) is 2.68. The van der Waals surface area contributed by atoms with Crippen molar-refractivity contribution in [2.24, 2.45) is 0 Å². The molecule has 0 radical (unpaired) electrons. The molecular formula is C20H19ClN2O2. The summed E-state index contributed by atoms with van der Waals surface area (Å²) in [7, 11) is 0. The summed E-state index contributed by atoms with van der Waals surface area (Å²) in [4.78, 5) is 7.19. The lowest BCUT2D eigenvalue weighted by Crippen LogP contribution is -2.36. The van der Waals surface area contributed by atoms with Crippen molar-refractivity contribution < 1.29 is 9.84 Å². The lowest BCUT2D eigenvalue weighted by atomic mass is 9.99. The molecule has 0 spiro atoms. The molecule has 0 atom stereocenters. The van der Waals surface area contributed by atoms with Crippen LogP contribution in [0.15, 0.2) is 48.5 Å². The predicted molar refractivity (Wildman–Crippen MR) is 101 cm³/mol. The number of morpholine rings is 1. The van der Waals surface area contributed by atoms with Crippen LogP contribution in [0, 0.1) is 0 Å². The van der Waals surface area contributed by atoms with Crippen molar-refractivity contribution in [2.75, 3.05) is 31.2 Å². The molecule has 0 aliphatic carbocycles. The molecule has 1 saturated heterocycles. The van der Waals surface area contributed by atoms with Crippen LogP contribution in [0.3, 0.4) is 0 Å². The van der Waals surface area contributed by atoms with E-state index in [4.69, 9.17) is 21.3 Å². The lowest BCUT2D eigenvalue weighted by molar-refractivity contribution is 0.122. The smallest absolute Gasteiger partial charge is 0.130 e. The van der Waals surface area contributed by atoms with Gasteiger partial charge in [0.15, 0.2) is 0 Å². The minimum atomic E-state index is -0.0757. The van der Waals surface area contributed by atoms with Crippen molar-refractivity contribution in [1.29, 1.82) is 0 Å². The molecule has 0 unspecified atom stereocenters. The highest BCUT2D eigenvalue weighted by molar-refractivity contribution is 6.30. The molecule has 4 rings (SSSR count). The number of hydrogen-bond donors (Lipinski definition) is 1. The van der Waals surface area contributed by atoms with Crippen molar-refractivity contribution in [3.63, 3.8) is 0 Å². The maximum Gasteiger partial charge on any atom is 0.130 e. The first-order chi connectivity index (χ1) is 12.3. The van der Waals surface area contributed by atoms with E-state index in [1.807, 2.05) is 24.3 Å². The van der Waals surface area contributed by atoms with E-state index < -0.39 is 0 Å². The van der Waals surface area contributed by atoms with Gasteiger partial charge in [0.05, 0.1) is 25.5 Å². The second kappa shape index (κ2) is 7.00. The van der Waals surface area contributed by atoms with Crippen molar-refractivity contribution in [1.82, 2.24) is 4.98 Å². The SMILES string of the molecule is OCc1cc(Cl)ccc1-c1nc(N2CCOCC2)cc2ccccc12. The fourth-order valence-electron chi connectivity index (χ4n) is 3.27. The van der Waals surface area contributed by atoms with Crippen molar-refractivity contribution in [3.05, 3.63) is 59.1 Å². The van der Waals surface area contributed by atoms with Crippen LogP contribution in [0.1, 0.15) is 5.56 Å². The molecule has 5 heteroatoms. The number of pyridine rings is 1. The fraction of sp³-hybridized carbons (Fsp3) is 0.250. The summed E-state index contributed by atoms with van der Waals surface area (Å²) in [6.45, 7) is 3.02. The van der Waals surface area contributed by atoms with E-state index in [0.717, 1.165) is 46.5 Å². The van der Waals surface area contributed by atoms with Gasteiger partial charge in [-0.25, -0.2) is 4.98 Å². The summed E-state index contributed by atoms with van der Waals surface area (Å²) in [6, 6.07) is 15.9. The Bertz CT molecular complexity index is 907. The normalized spacial score (nSPS) is 14.9. The molecule has 2 heterocycles. The van der Waals surface area contributed by atoms with Gasteiger partial charge in [0.1, 0.15) is 5.82 Å². The van der Waals surface area contributed by atoms with E-state index in [-0.39, 0.29) is 6.61 Å². The second-order valence-electron chi connectivity index (χ2n) is 6.11. The zero-order chi connectivity index (χ0) is 17.2. The van der Waals surface area contributed by atoms with Crippen molar-refractivity contribution >= 4 is 28.2 Å². The third kappa shape index (κ3) is 3.21. The van der Waals surface area contributed by atoms with Crippen LogP contribution in [0.5, 0.6) is 0 Å². The quantitative estimate of drug-likeness (QED) is 0.775. The molecule has 128 valence electrons. The molecule has 1 aromatic heterocycles. The summed E-state index contributed by atoms with van der Waals surface area (Å²) in [5.74, 6) is 0.941. The van der Waals surface area contributed by atoms with Gasteiger partial charge in [-0.05, 0) is 29.1 Å². The summed E-state index contributed by atoms with van der Waals surface area (Å²) < 4.78 is 5.46. The standard InChI is InChI=1S/C20H19ClN2O2/c21-16-5-6-18(15(11-16)13-24)20-17-4-2-1-3-14(17)12-19(22-20)23-7-9-25-10-8-23/h1-6,11-12,24H,7-10,13H2. The second-order valence-corrected chi connectivity index (χ2v) is 6.55. The molecule has 0 saturated carbocycles. The molecule has 0 bridgehead atoms. The Morgan fingerprint density at radius 3 is 2.68 bits per heavy atom. The summed E-state index contributed by atoms with van der Waals surface area (Å²) in [5.41, 5.74) is 2.57. The Morgan fingerprint density at radius 1 is 1.08 bits per heavy atom. The molecule has 2 aromatic carbocycles. The van der Waals surface area contributed by atoms with Crippen molar-refractivity contribution in [2.45, 2.75) is 6.61 Å². The number of anilines is 1. The number of fused-ring (bicyclic) bond motifs is 1. The van der Waals surface area contributed by atoms with Gasteiger partial charge in [0, 0.05) is 29.1 Å². The van der Waals surface area contributed by atoms with Crippen molar-refractivity contribution in [3.8, 4) is 11.3 Å². The third-order valence-corrected chi connectivity index (χ3v) is 4.79. The summed E-state index contributed by atoms with van der Waals surface area (Å²) in [5, 5.41) is 12.6. The van der Waals surface area contributed by atoms with Crippen LogP contribution >= 0.6 is 11.6 Å². The number of rotatable bonds is 3. The molecule has 1 aliphatic heterocycles. The van der Waals surface area contributed by atoms with E-state index in [1.54, 1.807) is 6.07 Å². The highest BCUT2D eigenvalue weighted by Gasteiger charge is 2.17. The molecule has 4 nitrogen and oxygen atoms in total. The number of aromatic nitrogens is 1. The van der Waals surface area contributed by atoms with Gasteiger partial charge in [-0.1, -0.05) is 41.9 Å². The number of aliphatic hydroxyl groups excluding tert-OH is 1. The molecule has 3 aromatic rings. The maximum absolute atomic E-state index is 9.78. The number of hydrogen-bond acceptors (Lipinski definition) is 4. The Balaban J connectivity index is 1.92. The van der Waals surface area contributed by atoms with Gasteiger partial charge in [-0.2, -0.15) is 0 Å². The predicted octanol–water partition coefficient (Wildman–Crippen LogP) is 3.88. The zero-order valence-corrected chi connectivity index (χ0v) is 14.5. The van der Waals surface area contributed by atoms with Gasteiger partial charge in [-0.3, -0.25) is 0 Å². The van der Waals surface area contributed by atoms with Crippen LogP contribution in [0.25, 0.3) is 22.0 Å². The molecular weight excluding hydrogens is 336 g/mol. The van der Waals surface area contributed by atoms with Gasteiger partial charge in [0.25, 0.3) is 0 Å². The Labute approximate surface area is 151 Å². The summed E-state index contributed by atoms with van der Waals surface area (Å²) in [6.07, 6.45) is 0. The zero-order valence-electron chi connectivity index (χ0n) is 13.8. The summed E-state index contributed by atoms with van der Waals surface area (Å²) >= 11 is 6.10. The van der Waals surface area contributed by atoms with Crippen LogP contribution in [-0.4, -0.2) is 36.4 Å². The van der Waals surface area contributed by atoms with Gasteiger partial charge in [0.2, 0.25) is 0 Å². The van der Waals surface area contributed by atoms with E-state index in [1.165, 1.54) is 0 Å². The number of ether oxygens (including phenoxy) is 1. The topological polar surface area (TPSA) is 45.6 Å². The number of benzene rings is 2. The Kier molecular flexibility index (Phi) is 4.57. The molecule has 1 fully saturated rings. The van der Waals surface area contributed by atoms with Crippen LogP contribution in [-0.2, 0) is 11.3 Å². The first kappa shape index (κ1) is 16.3. The first-order valence-corrected chi connectivity index (χ1v) is 8.76. The van der Waals surface area contributed by atoms with Gasteiger partial charge < -0.3 is 14.7 Å². The molecule has 0 amide bonds. The number of aliphatic hydroxyl groups is 1. The highest BCUT2D eigenvalue weighted by Crippen LogP contribution is 2.33. The Morgan fingerprint density at radius 2 is 1.88 bits per heavy atom. The number of halogens is 1. The fourth-order valence-corrected chi connectivity index (χ4v) is 3.46. The van der Waals surface area contributed by atoms with Crippen LogP contribution in [0.4, 0.5) is 5.82 Å². The maximum atomic E-state index is 9.78. The average molecular weight is 355 g/mol. The van der Waals surface area contributed by atoms with Gasteiger partial charge in [-0.15, -0.1) is 0 Å². The monoisotopic (exact) mass is 354 g/mol. The van der Waals surface area contributed by atoms with E-state index in [2.05, 4.69) is 23.1 Å². The van der Waals surface area contributed by atoms with Gasteiger partial charge >= 0.3 is 0 Å². The van der Waals surface area contributed by atoms with E-state index in [9.17, 15) is 5.11 Å². The molecule has 1 N–H and O–H groups in total. The first-order valence-electron chi connectivity index (χ1n) is 8.38. The van der Waals surface area contributed by atoms with Crippen LogP contribution < -0.4 is 4.90 Å². The molecule has 25 heavy (non-hydrogen) atoms. The largest absolute Gasteiger partial charge is 0.392 e.